The summed E-state index contributed by atoms with van der Waals surface area (Å²) in [4.78, 5) is 4.17. The Kier molecular flexibility index (Phi) is 3.29. The van der Waals surface area contributed by atoms with Crippen LogP contribution in [0.25, 0.3) is 0 Å². The van der Waals surface area contributed by atoms with Crippen molar-refractivity contribution in [3.63, 3.8) is 0 Å². The van der Waals surface area contributed by atoms with Crippen LogP contribution < -0.4 is 5.73 Å². The molecular weight excluding hydrogens is 176 g/mol. The maximum Gasteiger partial charge on any atom is 0.135 e. The largest absolute Gasteiger partial charge is 0.486 e. The summed E-state index contributed by atoms with van der Waals surface area (Å²) in [6.07, 6.45) is 1.73. The van der Waals surface area contributed by atoms with Crippen molar-refractivity contribution in [1.82, 2.24) is 4.98 Å². The fraction of sp³-hybridized carbons (Fsp3) is 0.182. The molecule has 1 aromatic heterocycles. The number of nitrogens with zero attached hydrogens (tertiary/aromatic N) is 1. The van der Waals surface area contributed by atoms with E-state index < -0.39 is 0 Å². The van der Waals surface area contributed by atoms with Crippen molar-refractivity contribution < 1.29 is 4.74 Å². The van der Waals surface area contributed by atoms with E-state index in [1.165, 1.54) is 0 Å². The average Bonchev–Trinajstić information content (AvgIpc) is 2.16. The van der Waals surface area contributed by atoms with Gasteiger partial charge in [0.15, 0.2) is 0 Å². The maximum absolute atomic E-state index is 5.40. The molecule has 0 saturated carbocycles. The van der Waals surface area contributed by atoms with E-state index in [0.717, 1.165) is 11.3 Å². The van der Waals surface area contributed by atoms with E-state index in [2.05, 4.69) is 18.1 Å². The predicted octanol–water partition coefficient (Wildman–Crippen LogP) is 1.89. The monoisotopic (exact) mass is 190 g/mol. The second kappa shape index (κ2) is 4.46. The Labute approximate surface area is 83.9 Å². The Hall–Kier alpha value is -1.77. The molecule has 0 unspecified atom stereocenters. The minimum atomic E-state index is 0.346. The first-order valence-electron chi connectivity index (χ1n) is 4.28. The lowest BCUT2D eigenvalue weighted by Crippen LogP contribution is -2.03. The number of hydrogen-bond acceptors (Lipinski definition) is 3. The number of nitrogens with two attached hydrogens (primary N) is 1. The molecule has 0 fully saturated rings. The fourth-order valence-corrected chi connectivity index (χ4v) is 0.918. The first-order chi connectivity index (χ1) is 6.61. The molecule has 0 spiro atoms. The second-order valence-electron chi connectivity index (χ2n) is 3.00. The summed E-state index contributed by atoms with van der Waals surface area (Å²) >= 11 is 0. The van der Waals surface area contributed by atoms with Crippen molar-refractivity contribution in [2.75, 3.05) is 0 Å². The quantitative estimate of drug-likeness (QED) is 0.582. The molecule has 1 aromatic rings. The van der Waals surface area contributed by atoms with Crippen LogP contribution >= 0.6 is 0 Å². The molecule has 0 atom stereocenters. The summed E-state index contributed by atoms with van der Waals surface area (Å²) < 4.78 is 5.29. The highest BCUT2D eigenvalue weighted by atomic mass is 16.5. The van der Waals surface area contributed by atoms with Gasteiger partial charge in [0.25, 0.3) is 0 Å². The Morgan fingerprint density at radius 2 is 2.29 bits per heavy atom. The second-order valence-corrected chi connectivity index (χ2v) is 3.00. The Bertz CT molecular complexity index is 358. The lowest BCUT2D eigenvalue weighted by Gasteiger charge is -2.09. The highest BCUT2D eigenvalue weighted by Crippen LogP contribution is 2.08. The highest BCUT2D eigenvalue weighted by Gasteiger charge is 2.01. The number of ether oxygens (including phenoxy) is 1. The first-order valence-corrected chi connectivity index (χ1v) is 4.28. The average molecular weight is 190 g/mol. The van der Waals surface area contributed by atoms with Crippen molar-refractivity contribution >= 4 is 0 Å². The van der Waals surface area contributed by atoms with Gasteiger partial charge in [0.05, 0.1) is 11.4 Å². The third kappa shape index (κ3) is 2.62. The van der Waals surface area contributed by atoms with E-state index in [1.807, 2.05) is 19.1 Å². The van der Waals surface area contributed by atoms with E-state index in [0.29, 0.717) is 18.1 Å². The Balaban J connectivity index is 2.58. The fourth-order valence-electron chi connectivity index (χ4n) is 0.918. The summed E-state index contributed by atoms with van der Waals surface area (Å²) in [5.41, 5.74) is 7.71. The van der Waals surface area contributed by atoms with E-state index in [1.54, 1.807) is 6.20 Å². The van der Waals surface area contributed by atoms with Crippen LogP contribution in [0.5, 0.6) is 0 Å². The van der Waals surface area contributed by atoms with Gasteiger partial charge in [-0.25, -0.2) is 0 Å². The molecule has 0 saturated heterocycles. The van der Waals surface area contributed by atoms with Crippen LogP contribution in [-0.2, 0) is 11.3 Å². The van der Waals surface area contributed by atoms with E-state index in [4.69, 9.17) is 10.5 Å². The van der Waals surface area contributed by atoms with Crippen LogP contribution in [0.3, 0.4) is 0 Å². The van der Waals surface area contributed by atoms with Gasteiger partial charge in [0.2, 0.25) is 0 Å². The standard InChI is InChI=1S/C11H14N2O/c1-8-5-4-6-13-11(8)7-14-10(3)9(2)12/h4-6H,2-3,7,12H2,1H3. The highest BCUT2D eigenvalue weighted by molar-refractivity contribution is 5.19. The van der Waals surface area contributed by atoms with Crippen molar-refractivity contribution in [3.05, 3.63) is 54.2 Å². The molecule has 0 aliphatic heterocycles. The predicted molar refractivity (Wildman–Crippen MR) is 56.2 cm³/mol. The van der Waals surface area contributed by atoms with Gasteiger partial charge < -0.3 is 10.5 Å². The van der Waals surface area contributed by atoms with Crippen LogP contribution in [0, 0.1) is 6.92 Å². The summed E-state index contributed by atoms with van der Waals surface area (Å²) in [7, 11) is 0. The van der Waals surface area contributed by atoms with Gasteiger partial charge in [0.1, 0.15) is 12.4 Å². The molecule has 74 valence electrons. The lowest BCUT2D eigenvalue weighted by atomic mass is 10.2. The number of aromatic nitrogens is 1. The van der Waals surface area contributed by atoms with Crippen LogP contribution in [0.4, 0.5) is 0 Å². The molecule has 0 aliphatic rings. The zero-order chi connectivity index (χ0) is 10.6. The molecule has 3 nitrogen and oxygen atoms in total. The van der Waals surface area contributed by atoms with Crippen molar-refractivity contribution in [1.29, 1.82) is 0 Å². The summed E-state index contributed by atoms with van der Waals surface area (Å²) in [5.74, 6) is 0.398. The van der Waals surface area contributed by atoms with Crippen molar-refractivity contribution in [3.8, 4) is 0 Å². The van der Waals surface area contributed by atoms with Crippen LogP contribution in [0.15, 0.2) is 42.9 Å². The zero-order valence-electron chi connectivity index (χ0n) is 8.29. The van der Waals surface area contributed by atoms with Gasteiger partial charge in [-0.2, -0.15) is 0 Å². The molecule has 0 aromatic carbocycles. The SMILES string of the molecule is C=C(N)C(=C)OCc1ncccc1C. The van der Waals surface area contributed by atoms with Crippen LogP contribution in [0.2, 0.25) is 0 Å². The molecular formula is C11H14N2O. The van der Waals surface area contributed by atoms with Crippen molar-refractivity contribution in [2.45, 2.75) is 13.5 Å². The van der Waals surface area contributed by atoms with Gasteiger partial charge in [-0.05, 0) is 18.6 Å². The van der Waals surface area contributed by atoms with Gasteiger partial charge in [-0.1, -0.05) is 19.2 Å². The first kappa shape index (κ1) is 10.3. The smallest absolute Gasteiger partial charge is 0.135 e. The summed E-state index contributed by atoms with van der Waals surface area (Å²) in [6, 6.07) is 3.86. The Morgan fingerprint density at radius 3 is 2.86 bits per heavy atom. The third-order valence-corrected chi connectivity index (χ3v) is 1.86. The molecule has 14 heavy (non-hydrogen) atoms. The van der Waals surface area contributed by atoms with E-state index in [-0.39, 0.29) is 0 Å². The normalized spacial score (nSPS) is 9.50. The number of rotatable bonds is 4. The molecule has 1 rings (SSSR count). The van der Waals surface area contributed by atoms with Crippen LogP contribution in [0.1, 0.15) is 11.3 Å². The molecule has 0 bridgehead atoms. The molecule has 2 N–H and O–H groups in total. The third-order valence-electron chi connectivity index (χ3n) is 1.86. The van der Waals surface area contributed by atoms with E-state index >= 15 is 0 Å². The number of pyridine rings is 1. The molecule has 0 aliphatic carbocycles. The number of aryl methyl sites for hydroxylation is 1. The van der Waals surface area contributed by atoms with Gasteiger partial charge >= 0.3 is 0 Å². The molecule has 1 heterocycles. The van der Waals surface area contributed by atoms with E-state index in [9.17, 15) is 0 Å². The maximum atomic E-state index is 5.40. The summed E-state index contributed by atoms with van der Waals surface area (Å²) in [5, 5.41) is 0. The molecule has 0 amide bonds. The molecule has 0 radical (unpaired) electrons. The summed E-state index contributed by atoms with van der Waals surface area (Å²) in [6.45, 7) is 9.50. The van der Waals surface area contributed by atoms with Gasteiger partial charge in [-0.15, -0.1) is 0 Å². The molecule has 3 heteroatoms. The Morgan fingerprint density at radius 1 is 1.57 bits per heavy atom. The zero-order valence-corrected chi connectivity index (χ0v) is 8.29. The number of hydrogen-bond donors (Lipinski definition) is 1. The minimum absolute atomic E-state index is 0.346. The van der Waals surface area contributed by atoms with Crippen LogP contribution in [-0.4, -0.2) is 4.98 Å². The van der Waals surface area contributed by atoms with Gasteiger partial charge in [0, 0.05) is 6.20 Å². The topological polar surface area (TPSA) is 48.1 Å². The van der Waals surface area contributed by atoms with Crippen molar-refractivity contribution in [2.24, 2.45) is 5.73 Å². The lowest BCUT2D eigenvalue weighted by molar-refractivity contribution is 0.203. The minimum Gasteiger partial charge on any atom is -0.486 e. The van der Waals surface area contributed by atoms with Gasteiger partial charge in [-0.3, -0.25) is 4.98 Å².